The number of fused-ring (bicyclic) bond motifs is 1. The lowest BCUT2D eigenvalue weighted by Crippen LogP contribution is -2.35. The van der Waals surface area contributed by atoms with Crippen LogP contribution < -0.4 is 4.90 Å². The summed E-state index contributed by atoms with van der Waals surface area (Å²) in [5, 5.41) is 0. The molecule has 24 heavy (non-hydrogen) atoms. The number of anilines is 1. The Morgan fingerprint density at radius 1 is 1.00 bits per heavy atom. The molecule has 1 saturated heterocycles. The zero-order valence-electron chi connectivity index (χ0n) is 13.4. The van der Waals surface area contributed by atoms with Gasteiger partial charge in [0.1, 0.15) is 6.33 Å². The predicted molar refractivity (Wildman–Crippen MR) is 92.2 cm³/mol. The van der Waals surface area contributed by atoms with Crippen molar-refractivity contribution in [2.45, 2.75) is 6.42 Å². The van der Waals surface area contributed by atoms with Crippen LogP contribution in [0.3, 0.4) is 0 Å². The molecule has 0 spiro atoms. The molecular formula is C18H19N5O. The highest BCUT2D eigenvalue weighted by Crippen LogP contribution is 2.17. The highest BCUT2D eigenvalue weighted by molar-refractivity contribution is 5.99. The smallest absolute Gasteiger partial charge is 0.274 e. The Morgan fingerprint density at radius 2 is 1.88 bits per heavy atom. The summed E-state index contributed by atoms with van der Waals surface area (Å²) in [6.07, 6.45) is 8.16. The van der Waals surface area contributed by atoms with Crippen LogP contribution in [0.25, 0.3) is 5.52 Å². The third-order valence-corrected chi connectivity index (χ3v) is 4.46. The number of carbonyl (C=O) groups is 1. The molecule has 1 fully saturated rings. The highest BCUT2D eigenvalue weighted by Gasteiger charge is 2.23. The van der Waals surface area contributed by atoms with Crippen LogP contribution in [-0.2, 0) is 0 Å². The van der Waals surface area contributed by atoms with Crippen LogP contribution >= 0.6 is 0 Å². The Morgan fingerprint density at radius 3 is 2.75 bits per heavy atom. The molecule has 1 aliphatic heterocycles. The highest BCUT2D eigenvalue weighted by atomic mass is 16.2. The topological polar surface area (TPSA) is 53.7 Å². The van der Waals surface area contributed by atoms with E-state index in [1.165, 1.54) is 0 Å². The van der Waals surface area contributed by atoms with Gasteiger partial charge in [0, 0.05) is 50.5 Å². The summed E-state index contributed by atoms with van der Waals surface area (Å²) < 4.78 is 1.88. The summed E-state index contributed by atoms with van der Waals surface area (Å²) in [5.41, 5.74) is 2.55. The number of hydrogen-bond donors (Lipinski definition) is 0. The van der Waals surface area contributed by atoms with Crippen molar-refractivity contribution in [1.82, 2.24) is 19.3 Å². The molecule has 1 aliphatic rings. The van der Waals surface area contributed by atoms with Gasteiger partial charge in [0.25, 0.3) is 5.91 Å². The molecule has 0 aromatic carbocycles. The molecule has 0 unspecified atom stereocenters. The van der Waals surface area contributed by atoms with Gasteiger partial charge in [0.05, 0.1) is 5.52 Å². The van der Waals surface area contributed by atoms with Crippen LogP contribution in [0.15, 0.2) is 55.2 Å². The number of imidazole rings is 1. The zero-order valence-corrected chi connectivity index (χ0v) is 13.4. The first-order valence-corrected chi connectivity index (χ1v) is 8.19. The van der Waals surface area contributed by atoms with Crippen LogP contribution in [0.4, 0.5) is 5.69 Å². The molecular weight excluding hydrogens is 302 g/mol. The minimum atomic E-state index is 0.0141. The average molecular weight is 321 g/mol. The van der Waals surface area contributed by atoms with Crippen LogP contribution in [0.2, 0.25) is 0 Å². The van der Waals surface area contributed by atoms with E-state index in [9.17, 15) is 4.79 Å². The third-order valence-electron chi connectivity index (χ3n) is 4.46. The molecule has 0 atom stereocenters. The first-order valence-electron chi connectivity index (χ1n) is 8.19. The van der Waals surface area contributed by atoms with Crippen molar-refractivity contribution in [3.8, 4) is 0 Å². The van der Waals surface area contributed by atoms with Crippen LogP contribution in [0.5, 0.6) is 0 Å². The normalized spacial score (nSPS) is 15.5. The lowest BCUT2D eigenvalue weighted by molar-refractivity contribution is 0.0763. The second kappa shape index (κ2) is 6.31. The third kappa shape index (κ3) is 2.71. The number of amides is 1. The minimum absolute atomic E-state index is 0.0141. The van der Waals surface area contributed by atoms with Crippen molar-refractivity contribution < 1.29 is 4.79 Å². The van der Waals surface area contributed by atoms with Crippen LogP contribution in [-0.4, -0.2) is 51.4 Å². The molecule has 0 radical (unpaired) electrons. The zero-order chi connectivity index (χ0) is 16.4. The monoisotopic (exact) mass is 321 g/mol. The Bertz CT molecular complexity index is 845. The number of pyridine rings is 2. The van der Waals surface area contributed by atoms with E-state index in [-0.39, 0.29) is 5.91 Å². The van der Waals surface area contributed by atoms with Gasteiger partial charge in [0.2, 0.25) is 0 Å². The first-order chi connectivity index (χ1) is 11.8. The SMILES string of the molecule is O=C(c1ncn2ccccc12)N1CCCN(c2ccncc2)CC1. The molecule has 0 bridgehead atoms. The van der Waals surface area contributed by atoms with Gasteiger partial charge in [-0.15, -0.1) is 0 Å². The Hall–Kier alpha value is -2.89. The van der Waals surface area contributed by atoms with Gasteiger partial charge < -0.3 is 14.2 Å². The standard InChI is InChI=1S/C18H19N5O/c24-18(17-16-4-1-2-9-23(16)14-20-17)22-11-3-10-21(12-13-22)15-5-7-19-8-6-15/h1-2,4-9,14H,3,10-13H2. The van der Waals surface area contributed by atoms with E-state index in [1.807, 2.05) is 45.8 Å². The second-order valence-corrected chi connectivity index (χ2v) is 5.92. The number of rotatable bonds is 2. The number of hydrogen-bond acceptors (Lipinski definition) is 4. The van der Waals surface area contributed by atoms with E-state index in [0.717, 1.165) is 37.3 Å². The maximum absolute atomic E-state index is 12.9. The maximum Gasteiger partial charge on any atom is 0.274 e. The molecule has 6 heteroatoms. The van der Waals surface area contributed by atoms with Crippen molar-refractivity contribution >= 4 is 17.1 Å². The molecule has 0 saturated carbocycles. The van der Waals surface area contributed by atoms with Crippen molar-refractivity contribution in [3.63, 3.8) is 0 Å². The van der Waals surface area contributed by atoms with Gasteiger partial charge in [-0.3, -0.25) is 9.78 Å². The first kappa shape index (κ1) is 14.7. The van der Waals surface area contributed by atoms with Gasteiger partial charge in [0.15, 0.2) is 5.69 Å². The summed E-state index contributed by atoms with van der Waals surface area (Å²) in [7, 11) is 0. The van der Waals surface area contributed by atoms with E-state index in [2.05, 4.69) is 14.9 Å². The van der Waals surface area contributed by atoms with E-state index < -0.39 is 0 Å². The predicted octanol–water partition coefficient (Wildman–Crippen LogP) is 2.08. The van der Waals surface area contributed by atoms with Crippen LogP contribution in [0, 0.1) is 0 Å². The Labute approximate surface area is 140 Å². The summed E-state index contributed by atoms with van der Waals surface area (Å²) in [6, 6.07) is 9.82. The maximum atomic E-state index is 12.9. The number of aromatic nitrogens is 3. The molecule has 3 aromatic heterocycles. The quantitative estimate of drug-likeness (QED) is 0.725. The average Bonchev–Trinajstić information content (AvgIpc) is 2.91. The molecule has 3 aromatic rings. The molecule has 1 amide bonds. The summed E-state index contributed by atoms with van der Waals surface area (Å²) in [6.45, 7) is 3.22. The van der Waals surface area contributed by atoms with E-state index >= 15 is 0 Å². The number of nitrogens with zero attached hydrogens (tertiary/aromatic N) is 5. The minimum Gasteiger partial charge on any atom is -0.370 e. The molecule has 122 valence electrons. The summed E-state index contributed by atoms with van der Waals surface area (Å²) in [5.74, 6) is 0.0141. The lowest BCUT2D eigenvalue weighted by atomic mass is 10.3. The second-order valence-electron chi connectivity index (χ2n) is 5.92. The Balaban J connectivity index is 1.52. The van der Waals surface area contributed by atoms with Gasteiger partial charge in [-0.25, -0.2) is 4.98 Å². The van der Waals surface area contributed by atoms with Crippen molar-refractivity contribution in [2.24, 2.45) is 0 Å². The summed E-state index contributed by atoms with van der Waals surface area (Å²) >= 11 is 0. The lowest BCUT2D eigenvalue weighted by Gasteiger charge is -2.23. The van der Waals surface area contributed by atoms with Gasteiger partial charge in [-0.1, -0.05) is 6.07 Å². The molecule has 0 N–H and O–H groups in total. The molecule has 6 nitrogen and oxygen atoms in total. The fourth-order valence-corrected chi connectivity index (χ4v) is 3.19. The molecule has 0 aliphatic carbocycles. The van der Waals surface area contributed by atoms with Gasteiger partial charge in [-0.2, -0.15) is 0 Å². The molecule has 4 rings (SSSR count). The fraction of sp³-hybridized carbons (Fsp3) is 0.278. The summed E-state index contributed by atoms with van der Waals surface area (Å²) in [4.78, 5) is 25.5. The van der Waals surface area contributed by atoms with E-state index in [1.54, 1.807) is 18.7 Å². The number of carbonyl (C=O) groups excluding carboxylic acids is 1. The molecule has 4 heterocycles. The van der Waals surface area contributed by atoms with Gasteiger partial charge >= 0.3 is 0 Å². The van der Waals surface area contributed by atoms with Crippen molar-refractivity contribution in [3.05, 3.63) is 60.9 Å². The van der Waals surface area contributed by atoms with Gasteiger partial charge in [-0.05, 0) is 30.7 Å². The Kier molecular flexibility index (Phi) is 3.86. The fourth-order valence-electron chi connectivity index (χ4n) is 3.19. The van der Waals surface area contributed by atoms with Crippen molar-refractivity contribution in [1.29, 1.82) is 0 Å². The van der Waals surface area contributed by atoms with E-state index in [4.69, 9.17) is 0 Å². The van der Waals surface area contributed by atoms with Crippen LogP contribution in [0.1, 0.15) is 16.9 Å². The van der Waals surface area contributed by atoms with E-state index in [0.29, 0.717) is 12.2 Å². The van der Waals surface area contributed by atoms with Crippen molar-refractivity contribution in [2.75, 3.05) is 31.1 Å². The largest absolute Gasteiger partial charge is 0.370 e.